The molecule has 1 heterocycles. The fourth-order valence-corrected chi connectivity index (χ4v) is 2.88. The molecule has 1 atom stereocenters. The highest BCUT2D eigenvalue weighted by molar-refractivity contribution is 7.10. The molecule has 0 fully saturated rings. The van der Waals surface area contributed by atoms with Crippen LogP contribution in [0.15, 0.2) is 29.6 Å². The zero-order chi connectivity index (χ0) is 12.4. The molecule has 0 bridgehead atoms. The van der Waals surface area contributed by atoms with Gasteiger partial charge in [0.1, 0.15) is 5.82 Å². The molecule has 0 saturated carbocycles. The monoisotopic (exact) mass is 249 g/mol. The zero-order valence-electron chi connectivity index (χ0n) is 10.3. The van der Waals surface area contributed by atoms with Crippen LogP contribution in [-0.4, -0.2) is 7.05 Å². The molecule has 17 heavy (non-hydrogen) atoms. The number of thiophene rings is 1. The molecule has 3 heteroatoms. The number of hydrogen-bond acceptors (Lipinski definition) is 2. The Bertz CT molecular complexity index is 519. The van der Waals surface area contributed by atoms with Gasteiger partial charge in [0.15, 0.2) is 0 Å². The van der Waals surface area contributed by atoms with E-state index in [2.05, 4.69) is 23.7 Å². The lowest BCUT2D eigenvalue weighted by atomic mass is 9.95. The molecule has 0 saturated heterocycles. The second kappa shape index (κ2) is 4.98. The van der Waals surface area contributed by atoms with Gasteiger partial charge in [-0.05, 0) is 61.2 Å². The zero-order valence-corrected chi connectivity index (χ0v) is 11.1. The Hall–Kier alpha value is -1.19. The molecule has 2 aromatic rings. The van der Waals surface area contributed by atoms with Crippen LogP contribution in [-0.2, 0) is 0 Å². The molecule has 1 aromatic carbocycles. The van der Waals surface area contributed by atoms with Crippen LogP contribution in [0.4, 0.5) is 4.39 Å². The van der Waals surface area contributed by atoms with E-state index in [-0.39, 0.29) is 11.9 Å². The molecule has 1 unspecified atom stereocenters. The van der Waals surface area contributed by atoms with Crippen LogP contribution in [0.2, 0.25) is 0 Å². The first-order chi connectivity index (χ1) is 8.13. The molecular formula is C14H16FNS. The summed E-state index contributed by atoms with van der Waals surface area (Å²) in [6.45, 7) is 4.06. The molecule has 0 amide bonds. The lowest BCUT2D eigenvalue weighted by Gasteiger charge is -2.19. The second-order valence-electron chi connectivity index (χ2n) is 4.15. The van der Waals surface area contributed by atoms with Gasteiger partial charge in [-0.1, -0.05) is 6.07 Å². The largest absolute Gasteiger partial charge is 0.309 e. The Balaban J connectivity index is 2.46. The number of hydrogen-bond donors (Lipinski definition) is 1. The minimum absolute atomic E-state index is 0.141. The fourth-order valence-electron chi connectivity index (χ4n) is 2.14. The van der Waals surface area contributed by atoms with Gasteiger partial charge in [0, 0.05) is 4.88 Å². The summed E-state index contributed by atoms with van der Waals surface area (Å²) in [6, 6.07) is 7.24. The lowest BCUT2D eigenvalue weighted by molar-refractivity contribution is 0.621. The highest BCUT2D eigenvalue weighted by Crippen LogP contribution is 2.29. The van der Waals surface area contributed by atoms with Gasteiger partial charge in [-0.3, -0.25) is 0 Å². The van der Waals surface area contributed by atoms with Gasteiger partial charge < -0.3 is 5.32 Å². The van der Waals surface area contributed by atoms with Crippen molar-refractivity contribution in [3.8, 4) is 0 Å². The van der Waals surface area contributed by atoms with Crippen molar-refractivity contribution in [3.05, 3.63) is 57.0 Å². The maximum Gasteiger partial charge on any atom is 0.123 e. The third kappa shape index (κ3) is 2.40. The van der Waals surface area contributed by atoms with Crippen molar-refractivity contribution in [2.45, 2.75) is 19.9 Å². The second-order valence-corrected chi connectivity index (χ2v) is 5.27. The van der Waals surface area contributed by atoms with E-state index < -0.39 is 0 Å². The molecule has 0 radical (unpaired) electrons. The number of benzene rings is 1. The first kappa shape index (κ1) is 12.3. The van der Waals surface area contributed by atoms with Crippen LogP contribution in [0.25, 0.3) is 0 Å². The summed E-state index contributed by atoms with van der Waals surface area (Å²) in [4.78, 5) is 1.30. The minimum atomic E-state index is -0.178. The number of aryl methyl sites for hydroxylation is 2. The van der Waals surface area contributed by atoms with Crippen molar-refractivity contribution < 1.29 is 4.39 Å². The Morgan fingerprint density at radius 3 is 2.47 bits per heavy atom. The predicted molar refractivity (Wildman–Crippen MR) is 71.1 cm³/mol. The third-order valence-corrected chi connectivity index (χ3v) is 3.90. The van der Waals surface area contributed by atoms with Crippen LogP contribution in [0.5, 0.6) is 0 Å². The standard InChI is InChI=1S/C14H16FNS/c1-9-8-11(15)4-5-12(9)14(16-3)13-6-7-17-10(13)2/h4-8,14,16H,1-3H3. The summed E-state index contributed by atoms with van der Waals surface area (Å²) >= 11 is 1.74. The van der Waals surface area contributed by atoms with Gasteiger partial charge in [-0.2, -0.15) is 0 Å². The highest BCUT2D eigenvalue weighted by atomic mass is 32.1. The lowest BCUT2D eigenvalue weighted by Crippen LogP contribution is -2.18. The number of rotatable bonds is 3. The summed E-state index contributed by atoms with van der Waals surface area (Å²) < 4.78 is 13.1. The van der Waals surface area contributed by atoms with Crippen molar-refractivity contribution in [2.24, 2.45) is 0 Å². The number of halogens is 1. The van der Waals surface area contributed by atoms with E-state index in [1.807, 2.05) is 20.0 Å². The van der Waals surface area contributed by atoms with Gasteiger partial charge in [0.05, 0.1) is 6.04 Å². The van der Waals surface area contributed by atoms with E-state index in [9.17, 15) is 4.39 Å². The quantitative estimate of drug-likeness (QED) is 0.872. The summed E-state index contributed by atoms with van der Waals surface area (Å²) in [6.07, 6.45) is 0. The van der Waals surface area contributed by atoms with Gasteiger partial charge in [-0.15, -0.1) is 11.3 Å². The maximum absolute atomic E-state index is 13.1. The first-order valence-corrected chi connectivity index (χ1v) is 6.48. The first-order valence-electron chi connectivity index (χ1n) is 5.60. The molecular weight excluding hydrogens is 233 g/mol. The van der Waals surface area contributed by atoms with Crippen LogP contribution in [0.3, 0.4) is 0 Å². The normalized spacial score (nSPS) is 12.7. The summed E-state index contributed by atoms with van der Waals surface area (Å²) in [5.41, 5.74) is 3.39. The molecule has 1 N–H and O–H groups in total. The van der Waals surface area contributed by atoms with Gasteiger partial charge in [-0.25, -0.2) is 4.39 Å². The van der Waals surface area contributed by atoms with Crippen molar-refractivity contribution >= 4 is 11.3 Å². The van der Waals surface area contributed by atoms with Crippen molar-refractivity contribution in [1.29, 1.82) is 0 Å². The number of nitrogens with one attached hydrogen (secondary N) is 1. The van der Waals surface area contributed by atoms with Crippen molar-refractivity contribution in [2.75, 3.05) is 7.05 Å². The smallest absolute Gasteiger partial charge is 0.123 e. The predicted octanol–water partition coefficient (Wildman–Crippen LogP) is 3.81. The fraction of sp³-hybridized carbons (Fsp3) is 0.286. The van der Waals surface area contributed by atoms with Gasteiger partial charge in [0.2, 0.25) is 0 Å². The van der Waals surface area contributed by atoms with Crippen LogP contribution < -0.4 is 5.32 Å². The molecule has 0 aliphatic carbocycles. The molecule has 1 nitrogen and oxygen atoms in total. The average molecular weight is 249 g/mol. The van der Waals surface area contributed by atoms with Gasteiger partial charge in [0.25, 0.3) is 0 Å². The van der Waals surface area contributed by atoms with Crippen LogP contribution >= 0.6 is 11.3 Å². The Kier molecular flexibility index (Phi) is 3.60. The van der Waals surface area contributed by atoms with E-state index in [0.717, 1.165) is 11.1 Å². The van der Waals surface area contributed by atoms with E-state index in [0.29, 0.717) is 0 Å². The summed E-state index contributed by atoms with van der Waals surface area (Å²) in [5, 5.41) is 5.40. The Morgan fingerprint density at radius 1 is 1.18 bits per heavy atom. The molecule has 1 aromatic heterocycles. The van der Waals surface area contributed by atoms with Crippen LogP contribution in [0.1, 0.15) is 27.6 Å². The van der Waals surface area contributed by atoms with E-state index in [1.165, 1.54) is 16.5 Å². The Morgan fingerprint density at radius 2 is 1.94 bits per heavy atom. The molecule has 0 spiro atoms. The topological polar surface area (TPSA) is 12.0 Å². The Labute approximate surface area is 105 Å². The third-order valence-electron chi connectivity index (χ3n) is 3.04. The average Bonchev–Trinajstić information content (AvgIpc) is 2.69. The maximum atomic E-state index is 13.1. The molecule has 0 aliphatic rings. The van der Waals surface area contributed by atoms with Gasteiger partial charge >= 0.3 is 0 Å². The minimum Gasteiger partial charge on any atom is -0.309 e. The molecule has 90 valence electrons. The van der Waals surface area contributed by atoms with Crippen molar-refractivity contribution in [3.63, 3.8) is 0 Å². The highest BCUT2D eigenvalue weighted by Gasteiger charge is 2.17. The van der Waals surface area contributed by atoms with E-state index >= 15 is 0 Å². The molecule has 2 rings (SSSR count). The van der Waals surface area contributed by atoms with Crippen LogP contribution in [0, 0.1) is 19.7 Å². The molecule has 0 aliphatic heterocycles. The summed E-state index contributed by atoms with van der Waals surface area (Å²) in [5.74, 6) is -0.178. The van der Waals surface area contributed by atoms with E-state index in [1.54, 1.807) is 17.4 Å². The van der Waals surface area contributed by atoms with Crippen molar-refractivity contribution in [1.82, 2.24) is 5.32 Å². The summed E-state index contributed by atoms with van der Waals surface area (Å²) in [7, 11) is 1.94. The SMILES string of the molecule is CNC(c1ccc(F)cc1C)c1ccsc1C. The van der Waals surface area contributed by atoms with E-state index in [4.69, 9.17) is 0 Å².